The molecule has 2 rings (SSSR count). The van der Waals surface area contributed by atoms with E-state index in [4.69, 9.17) is 5.11 Å². The van der Waals surface area contributed by atoms with Gasteiger partial charge in [0.15, 0.2) is 0 Å². The van der Waals surface area contributed by atoms with Crippen LogP contribution in [0.3, 0.4) is 0 Å². The van der Waals surface area contributed by atoms with Gasteiger partial charge in [-0.15, -0.1) is 12.4 Å². The van der Waals surface area contributed by atoms with E-state index in [2.05, 4.69) is 4.72 Å². The first-order valence-electron chi connectivity index (χ1n) is 7.48. The zero-order chi connectivity index (χ0) is 18.8. The van der Waals surface area contributed by atoms with E-state index >= 15 is 0 Å². The Kier molecular flexibility index (Phi) is 7.13. The maximum absolute atomic E-state index is 12.2. The van der Waals surface area contributed by atoms with E-state index in [1.54, 1.807) is 0 Å². The highest BCUT2D eigenvalue weighted by Crippen LogP contribution is 2.26. The van der Waals surface area contributed by atoms with Crippen LogP contribution in [0.2, 0.25) is 0 Å². The average Bonchev–Trinajstić information content (AvgIpc) is 2.70. The number of benzene rings is 1. The third-order valence-corrected chi connectivity index (χ3v) is 4.93. The summed E-state index contributed by atoms with van der Waals surface area (Å²) >= 11 is 0. The second-order valence-corrected chi connectivity index (χ2v) is 7.77. The summed E-state index contributed by atoms with van der Waals surface area (Å²) in [4.78, 5) is 37.4. The van der Waals surface area contributed by atoms with Crippen LogP contribution in [0.1, 0.15) is 27.1 Å². The molecule has 26 heavy (non-hydrogen) atoms. The molecule has 0 radical (unpaired) electrons. The summed E-state index contributed by atoms with van der Waals surface area (Å²) in [6.45, 7) is -0.125. The Bertz CT molecular complexity index is 825. The first kappa shape index (κ1) is 21.9. The van der Waals surface area contributed by atoms with Crippen molar-refractivity contribution in [2.75, 3.05) is 37.7 Å². The standard InChI is InChI=1S/C15H19N3O6S.ClH/c1-17(2)6-3-7-25(23,24)16-10-4-5-11-12(8-10)15(22)18(14(11)21)9-13(19)20;/h4-5,8,16H,3,6-7,9H2,1-2H3,(H,19,20);1H. The van der Waals surface area contributed by atoms with E-state index in [9.17, 15) is 22.8 Å². The normalized spacial score (nSPS) is 13.6. The van der Waals surface area contributed by atoms with Gasteiger partial charge in [-0.05, 0) is 45.3 Å². The molecule has 144 valence electrons. The number of rotatable bonds is 8. The van der Waals surface area contributed by atoms with Gasteiger partial charge in [0.1, 0.15) is 6.54 Å². The van der Waals surface area contributed by atoms with Crippen molar-refractivity contribution in [2.24, 2.45) is 0 Å². The number of hydrogen-bond donors (Lipinski definition) is 2. The fourth-order valence-corrected chi connectivity index (χ4v) is 3.53. The van der Waals surface area contributed by atoms with Crippen LogP contribution in [0.4, 0.5) is 5.69 Å². The summed E-state index contributed by atoms with van der Waals surface area (Å²) in [5, 5.41) is 8.78. The third kappa shape index (κ3) is 5.16. The number of anilines is 1. The molecule has 2 amide bonds. The summed E-state index contributed by atoms with van der Waals surface area (Å²) in [5.41, 5.74) is 0.198. The van der Waals surface area contributed by atoms with Crippen molar-refractivity contribution in [3.63, 3.8) is 0 Å². The van der Waals surface area contributed by atoms with Crippen molar-refractivity contribution in [1.82, 2.24) is 9.80 Å². The SMILES string of the molecule is CN(C)CCCS(=O)(=O)Nc1ccc2c(c1)C(=O)N(CC(=O)O)C2=O.Cl. The topological polar surface area (TPSA) is 124 Å². The predicted molar refractivity (Wildman–Crippen MR) is 97.3 cm³/mol. The third-order valence-electron chi connectivity index (χ3n) is 3.56. The zero-order valence-electron chi connectivity index (χ0n) is 14.3. The summed E-state index contributed by atoms with van der Waals surface area (Å²) < 4.78 is 26.5. The number of carbonyl (C=O) groups excluding carboxylic acids is 2. The Balaban J connectivity index is 0.00000338. The van der Waals surface area contributed by atoms with Crippen molar-refractivity contribution in [1.29, 1.82) is 0 Å². The molecule has 1 aromatic rings. The second kappa shape index (κ2) is 8.47. The van der Waals surface area contributed by atoms with Crippen LogP contribution >= 0.6 is 12.4 Å². The lowest BCUT2D eigenvalue weighted by atomic mass is 10.1. The highest BCUT2D eigenvalue weighted by molar-refractivity contribution is 7.92. The van der Waals surface area contributed by atoms with E-state index in [0.29, 0.717) is 17.9 Å². The number of carbonyl (C=O) groups is 3. The lowest BCUT2D eigenvalue weighted by molar-refractivity contribution is -0.137. The minimum Gasteiger partial charge on any atom is -0.480 e. The molecule has 0 bridgehead atoms. The molecule has 0 atom stereocenters. The summed E-state index contributed by atoms with van der Waals surface area (Å²) in [6.07, 6.45) is 0.442. The monoisotopic (exact) mass is 405 g/mol. The summed E-state index contributed by atoms with van der Waals surface area (Å²) in [7, 11) is 0.0868. The van der Waals surface area contributed by atoms with Crippen molar-refractivity contribution >= 4 is 45.9 Å². The van der Waals surface area contributed by atoms with Crippen molar-refractivity contribution in [3.05, 3.63) is 29.3 Å². The smallest absolute Gasteiger partial charge is 0.323 e. The number of fused-ring (bicyclic) bond motifs is 1. The maximum Gasteiger partial charge on any atom is 0.323 e. The van der Waals surface area contributed by atoms with Gasteiger partial charge in [-0.25, -0.2) is 8.42 Å². The number of aliphatic carboxylic acids is 1. The molecule has 0 aliphatic carbocycles. The van der Waals surface area contributed by atoms with E-state index in [1.165, 1.54) is 18.2 Å². The number of sulfonamides is 1. The molecule has 0 spiro atoms. The van der Waals surface area contributed by atoms with Gasteiger partial charge in [0.05, 0.1) is 16.9 Å². The van der Waals surface area contributed by atoms with Crippen molar-refractivity contribution in [3.8, 4) is 0 Å². The first-order valence-corrected chi connectivity index (χ1v) is 9.13. The molecule has 0 aromatic heterocycles. The van der Waals surface area contributed by atoms with Crippen LogP contribution in [0.5, 0.6) is 0 Å². The summed E-state index contributed by atoms with van der Waals surface area (Å²) in [6, 6.07) is 3.94. The molecule has 0 saturated carbocycles. The van der Waals surface area contributed by atoms with Crippen LogP contribution < -0.4 is 4.72 Å². The van der Waals surface area contributed by atoms with Gasteiger partial charge in [0, 0.05) is 5.69 Å². The number of halogens is 1. The quantitative estimate of drug-likeness (QED) is 0.603. The first-order chi connectivity index (χ1) is 11.6. The highest BCUT2D eigenvalue weighted by Gasteiger charge is 2.36. The number of hydrogen-bond acceptors (Lipinski definition) is 6. The predicted octanol–water partition coefficient (Wildman–Crippen LogP) is 0.482. The van der Waals surface area contributed by atoms with Crippen LogP contribution in [-0.4, -0.2) is 74.0 Å². The Morgan fingerprint density at radius 1 is 1.19 bits per heavy atom. The van der Waals surface area contributed by atoms with Gasteiger partial charge in [-0.3, -0.25) is 24.0 Å². The lowest BCUT2D eigenvalue weighted by Crippen LogP contribution is -2.34. The zero-order valence-corrected chi connectivity index (χ0v) is 15.9. The fraction of sp³-hybridized carbons (Fsp3) is 0.400. The molecule has 1 aliphatic heterocycles. The number of carboxylic acids is 1. The second-order valence-electron chi connectivity index (χ2n) is 5.93. The number of amides is 2. The van der Waals surface area contributed by atoms with Gasteiger partial charge in [0.2, 0.25) is 10.0 Å². The number of nitrogens with zero attached hydrogens (tertiary/aromatic N) is 2. The number of imide groups is 1. The Hall–Kier alpha value is -2.17. The van der Waals surface area contributed by atoms with E-state index in [0.717, 1.165) is 0 Å². The van der Waals surface area contributed by atoms with Gasteiger partial charge < -0.3 is 10.0 Å². The van der Waals surface area contributed by atoms with Crippen LogP contribution in [0, 0.1) is 0 Å². The molecule has 0 fully saturated rings. The molecule has 0 unspecified atom stereocenters. The molecule has 2 N–H and O–H groups in total. The molecule has 1 aliphatic rings. The fourth-order valence-electron chi connectivity index (χ4n) is 2.43. The van der Waals surface area contributed by atoms with Crippen molar-refractivity contribution < 1.29 is 27.9 Å². The minimum atomic E-state index is -3.59. The van der Waals surface area contributed by atoms with E-state index in [1.807, 2.05) is 19.0 Å². The van der Waals surface area contributed by atoms with Crippen LogP contribution in [0.25, 0.3) is 0 Å². The van der Waals surface area contributed by atoms with Gasteiger partial charge in [0.25, 0.3) is 11.8 Å². The molecule has 1 aromatic carbocycles. The minimum absolute atomic E-state index is 0. The molecule has 1 heterocycles. The molecule has 0 saturated heterocycles. The Morgan fingerprint density at radius 3 is 2.38 bits per heavy atom. The van der Waals surface area contributed by atoms with E-state index < -0.39 is 34.4 Å². The molecular weight excluding hydrogens is 386 g/mol. The highest BCUT2D eigenvalue weighted by atomic mass is 35.5. The summed E-state index contributed by atoms with van der Waals surface area (Å²) in [5.74, 6) is -2.85. The van der Waals surface area contributed by atoms with Gasteiger partial charge in [-0.1, -0.05) is 0 Å². The number of carboxylic acid groups (broad SMARTS) is 1. The van der Waals surface area contributed by atoms with Crippen LogP contribution in [-0.2, 0) is 14.8 Å². The molecular formula is C15H20ClN3O6S. The van der Waals surface area contributed by atoms with Crippen LogP contribution in [0.15, 0.2) is 18.2 Å². The van der Waals surface area contributed by atoms with E-state index in [-0.39, 0.29) is 35.0 Å². The molecule has 9 nitrogen and oxygen atoms in total. The largest absolute Gasteiger partial charge is 0.480 e. The number of nitrogens with one attached hydrogen (secondary N) is 1. The average molecular weight is 406 g/mol. The van der Waals surface area contributed by atoms with Crippen molar-refractivity contribution in [2.45, 2.75) is 6.42 Å². The lowest BCUT2D eigenvalue weighted by Gasteiger charge is -2.11. The Labute approximate surface area is 157 Å². The Morgan fingerprint density at radius 2 is 1.81 bits per heavy atom. The maximum atomic E-state index is 12.2. The van der Waals surface area contributed by atoms with Gasteiger partial charge in [-0.2, -0.15) is 0 Å². The molecule has 11 heteroatoms. The van der Waals surface area contributed by atoms with Gasteiger partial charge >= 0.3 is 5.97 Å².